The number of rotatable bonds is 4. The number of carbonyl (C=O) groups excluding carboxylic acids is 1. The fraction of sp³-hybridized carbons (Fsp3) is 0.133. The van der Waals surface area contributed by atoms with Crippen LogP contribution in [0.2, 0.25) is 0 Å². The number of nitrogens with two attached hydrogens (primary N) is 1. The molecule has 0 aliphatic carbocycles. The van der Waals surface area contributed by atoms with E-state index in [4.69, 9.17) is 5.73 Å². The van der Waals surface area contributed by atoms with E-state index in [2.05, 4.69) is 0 Å². The van der Waals surface area contributed by atoms with Crippen molar-refractivity contribution in [2.24, 2.45) is 0 Å². The van der Waals surface area contributed by atoms with Gasteiger partial charge in [0.2, 0.25) is 0 Å². The number of carbonyl (C=O) groups is 1. The van der Waals surface area contributed by atoms with Crippen LogP contribution in [0, 0.1) is 0 Å². The van der Waals surface area contributed by atoms with Crippen molar-refractivity contribution < 1.29 is 44.6 Å². The molecule has 5 heteroatoms. The minimum absolute atomic E-state index is 0. The summed E-state index contributed by atoms with van der Waals surface area (Å²) in [5, 5.41) is 20.9. The average Bonchev–Trinajstić information content (AvgIpc) is 2.41. The summed E-state index contributed by atoms with van der Waals surface area (Å²) in [5.41, 5.74) is 7.88. The molecule has 0 heterocycles. The Kier molecular flexibility index (Phi) is 6.23. The van der Waals surface area contributed by atoms with E-state index in [0.29, 0.717) is 22.4 Å². The van der Waals surface area contributed by atoms with Crippen molar-refractivity contribution in [2.75, 3.05) is 5.73 Å². The van der Waals surface area contributed by atoms with Crippen molar-refractivity contribution in [3.8, 4) is 0 Å². The van der Waals surface area contributed by atoms with Crippen LogP contribution in [0.15, 0.2) is 48.5 Å². The summed E-state index contributed by atoms with van der Waals surface area (Å²) in [5.74, 6) is -1.20. The van der Waals surface area contributed by atoms with Crippen LogP contribution in [-0.2, 0) is 11.2 Å². The predicted octanol–water partition coefficient (Wildman–Crippen LogP) is -2.35. The summed E-state index contributed by atoms with van der Waals surface area (Å²) >= 11 is 0. The molecule has 0 amide bonds. The monoisotopic (exact) mass is 279 g/mol. The third-order valence-corrected chi connectivity index (χ3v) is 2.97. The van der Waals surface area contributed by atoms with E-state index in [0.717, 1.165) is 0 Å². The summed E-state index contributed by atoms with van der Waals surface area (Å²) < 4.78 is 0. The number of para-hydroxylation sites is 1. The van der Waals surface area contributed by atoms with Crippen molar-refractivity contribution >= 4 is 11.7 Å². The molecule has 0 fully saturated rings. The maximum Gasteiger partial charge on any atom is 1.00 e. The Morgan fingerprint density at radius 2 is 1.80 bits per heavy atom. The Morgan fingerprint density at radius 1 is 1.15 bits per heavy atom. The zero-order chi connectivity index (χ0) is 13.8. The number of carboxylic acid groups (broad SMARTS) is 1. The first kappa shape index (κ1) is 16.7. The van der Waals surface area contributed by atoms with Crippen molar-refractivity contribution in [2.45, 2.75) is 12.5 Å². The van der Waals surface area contributed by atoms with E-state index in [9.17, 15) is 15.0 Å². The van der Waals surface area contributed by atoms with Crippen molar-refractivity contribution in [3.63, 3.8) is 0 Å². The van der Waals surface area contributed by atoms with Gasteiger partial charge in [-0.15, -0.1) is 0 Å². The van der Waals surface area contributed by atoms with Crippen LogP contribution < -0.4 is 40.4 Å². The maximum atomic E-state index is 10.6. The Morgan fingerprint density at radius 3 is 2.40 bits per heavy atom. The molecule has 4 nitrogen and oxygen atoms in total. The van der Waals surface area contributed by atoms with Crippen LogP contribution in [0.3, 0.4) is 0 Å². The van der Waals surface area contributed by atoms with E-state index >= 15 is 0 Å². The number of aliphatic hydroxyl groups excluding tert-OH is 1. The molecule has 2 rings (SSSR count). The molecule has 0 saturated carbocycles. The molecule has 0 bridgehead atoms. The first-order valence-electron chi connectivity index (χ1n) is 5.89. The fourth-order valence-corrected chi connectivity index (χ4v) is 2.00. The van der Waals surface area contributed by atoms with Crippen LogP contribution in [0.25, 0.3) is 0 Å². The van der Waals surface area contributed by atoms with Gasteiger partial charge in [0.25, 0.3) is 0 Å². The third-order valence-electron chi connectivity index (χ3n) is 2.97. The van der Waals surface area contributed by atoms with Gasteiger partial charge in [-0.1, -0.05) is 48.5 Å². The first-order chi connectivity index (χ1) is 9.09. The zero-order valence-corrected chi connectivity index (χ0v) is 13.2. The van der Waals surface area contributed by atoms with Crippen LogP contribution in [0.5, 0.6) is 0 Å². The van der Waals surface area contributed by atoms with Gasteiger partial charge in [-0.05, 0) is 11.1 Å². The van der Waals surface area contributed by atoms with E-state index < -0.39 is 12.1 Å². The molecule has 1 unspecified atom stereocenters. The van der Waals surface area contributed by atoms with Gasteiger partial charge in [-0.2, -0.15) is 0 Å². The summed E-state index contributed by atoms with van der Waals surface area (Å²) in [6.45, 7) is 0. The Bertz CT molecular complexity index is 587. The summed E-state index contributed by atoms with van der Waals surface area (Å²) in [6, 6.07) is 14.0. The van der Waals surface area contributed by atoms with Gasteiger partial charge in [-0.3, -0.25) is 0 Å². The molecule has 2 aromatic carbocycles. The van der Waals surface area contributed by atoms with Crippen molar-refractivity contribution in [3.05, 3.63) is 65.2 Å². The average molecular weight is 279 g/mol. The number of carboxylic acids is 1. The quantitative estimate of drug-likeness (QED) is 0.484. The molecule has 0 aliphatic heterocycles. The number of hydrogen-bond acceptors (Lipinski definition) is 4. The third kappa shape index (κ3) is 3.84. The molecule has 0 spiro atoms. The molecule has 0 aromatic heterocycles. The molecular weight excluding hydrogens is 265 g/mol. The number of nitrogen functional groups attached to an aromatic ring is 1. The molecule has 98 valence electrons. The minimum atomic E-state index is -1.20. The maximum absolute atomic E-state index is 10.6. The molecular formula is C15H14NNaO3. The molecule has 3 N–H and O–H groups in total. The Labute approximate surface area is 139 Å². The van der Waals surface area contributed by atoms with Crippen molar-refractivity contribution in [1.82, 2.24) is 0 Å². The molecule has 20 heavy (non-hydrogen) atoms. The zero-order valence-electron chi connectivity index (χ0n) is 11.2. The van der Waals surface area contributed by atoms with Crippen LogP contribution in [0.1, 0.15) is 22.8 Å². The number of aliphatic carboxylic acids is 1. The first-order valence-corrected chi connectivity index (χ1v) is 5.89. The molecule has 2 aromatic rings. The minimum Gasteiger partial charge on any atom is -0.550 e. The van der Waals surface area contributed by atoms with Gasteiger partial charge in [-0.25, -0.2) is 0 Å². The van der Waals surface area contributed by atoms with E-state index in [1.54, 1.807) is 30.3 Å². The number of anilines is 1. The van der Waals surface area contributed by atoms with E-state index in [1.807, 2.05) is 18.2 Å². The largest absolute Gasteiger partial charge is 1.00 e. The number of aliphatic hydroxyl groups is 1. The summed E-state index contributed by atoms with van der Waals surface area (Å²) in [6.07, 6.45) is -1.14. The van der Waals surface area contributed by atoms with Crippen LogP contribution in [-0.4, -0.2) is 11.1 Å². The van der Waals surface area contributed by atoms with Gasteiger partial charge < -0.3 is 20.7 Å². The smallest absolute Gasteiger partial charge is 0.550 e. The van der Waals surface area contributed by atoms with Crippen LogP contribution in [0.4, 0.5) is 5.69 Å². The summed E-state index contributed by atoms with van der Waals surface area (Å²) in [4.78, 5) is 10.6. The topological polar surface area (TPSA) is 86.4 Å². The second-order valence-corrected chi connectivity index (χ2v) is 4.28. The fourth-order valence-electron chi connectivity index (χ4n) is 2.00. The predicted molar refractivity (Wildman–Crippen MR) is 70.1 cm³/mol. The molecule has 0 radical (unpaired) electrons. The Hall–Kier alpha value is -1.33. The summed E-state index contributed by atoms with van der Waals surface area (Å²) in [7, 11) is 0. The molecule has 0 aliphatic rings. The second-order valence-electron chi connectivity index (χ2n) is 4.28. The van der Waals surface area contributed by atoms with Gasteiger partial charge in [0.05, 0.1) is 0 Å². The Balaban J connectivity index is 0.00000200. The van der Waals surface area contributed by atoms with Gasteiger partial charge in [0.15, 0.2) is 0 Å². The molecule has 1 atom stereocenters. The van der Waals surface area contributed by atoms with Crippen molar-refractivity contribution in [1.29, 1.82) is 0 Å². The van der Waals surface area contributed by atoms with Gasteiger partial charge >= 0.3 is 29.6 Å². The van der Waals surface area contributed by atoms with Gasteiger partial charge in [0, 0.05) is 23.6 Å². The number of hydrogen-bond donors (Lipinski definition) is 2. The van der Waals surface area contributed by atoms with E-state index in [-0.39, 0.29) is 36.0 Å². The SMILES string of the molecule is Nc1c(CC(=O)[O-])cccc1C(O)c1ccccc1.[Na+]. The second kappa shape index (κ2) is 7.45. The van der Waals surface area contributed by atoms with Crippen LogP contribution >= 0.6 is 0 Å². The number of benzene rings is 2. The normalized spacial score (nSPS) is 11.4. The van der Waals surface area contributed by atoms with E-state index in [1.165, 1.54) is 0 Å². The molecule has 0 saturated heterocycles. The van der Waals surface area contributed by atoms with Gasteiger partial charge in [0.1, 0.15) is 6.10 Å². The standard InChI is InChI=1S/C15H15NO3.Na/c16-14-11(9-13(17)18)7-4-8-12(14)15(19)10-5-2-1-3-6-10;/h1-8,15,19H,9,16H2,(H,17,18);/q;+1/p-1.